The van der Waals surface area contributed by atoms with Gasteiger partial charge in [-0.1, -0.05) is 19.1 Å². The van der Waals surface area contributed by atoms with Gasteiger partial charge in [0.15, 0.2) is 0 Å². The average molecular weight is 287 g/mol. The highest BCUT2D eigenvalue weighted by Gasteiger charge is 2.08. The van der Waals surface area contributed by atoms with E-state index in [4.69, 9.17) is 6.42 Å². The Bertz CT molecular complexity index is 584. The molecule has 1 N–H and O–H groups in total. The lowest BCUT2D eigenvalue weighted by molar-refractivity contribution is 0.506. The molecule has 20 heavy (non-hydrogen) atoms. The predicted molar refractivity (Wildman–Crippen MR) is 84.1 cm³/mol. The standard InChI is InChI=1S/C17H18FNS/c1-3-6-14(4-2)19-12-13-8-9-16(18)15(11-13)17-7-5-10-20-17/h1,5,7-11,14,19H,4,6,12H2,2H3. The Morgan fingerprint density at radius 2 is 2.25 bits per heavy atom. The molecule has 0 aliphatic heterocycles. The van der Waals surface area contributed by atoms with Crippen LogP contribution in [-0.2, 0) is 6.54 Å². The molecule has 0 saturated carbocycles. The van der Waals surface area contributed by atoms with Crippen molar-refractivity contribution < 1.29 is 4.39 Å². The van der Waals surface area contributed by atoms with E-state index in [1.165, 1.54) is 6.07 Å². The number of hydrogen-bond donors (Lipinski definition) is 1. The molecule has 1 atom stereocenters. The van der Waals surface area contributed by atoms with Gasteiger partial charge in [-0.2, -0.15) is 0 Å². The smallest absolute Gasteiger partial charge is 0.131 e. The summed E-state index contributed by atoms with van der Waals surface area (Å²) < 4.78 is 13.9. The molecular weight excluding hydrogens is 269 g/mol. The van der Waals surface area contributed by atoms with Crippen LogP contribution in [0.1, 0.15) is 25.3 Å². The van der Waals surface area contributed by atoms with Gasteiger partial charge in [-0.3, -0.25) is 0 Å². The molecule has 1 heterocycles. The third-order valence-electron chi connectivity index (χ3n) is 3.27. The Morgan fingerprint density at radius 3 is 2.90 bits per heavy atom. The molecule has 1 aromatic carbocycles. The van der Waals surface area contributed by atoms with Gasteiger partial charge in [0.05, 0.1) is 0 Å². The van der Waals surface area contributed by atoms with Crippen LogP contribution in [-0.4, -0.2) is 6.04 Å². The minimum absolute atomic E-state index is 0.174. The Morgan fingerprint density at radius 1 is 1.40 bits per heavy atom. The molecule has 1 aromatic heterocycles. The van der Waals surface area contributed by atoms with E-state index < -0.39 is 0 Å². The maximum atomic E-state index is 13.9. The maximum Gasteiger partial charge on any atom is 0.131 e. The number of halogens is 1. The fourth-order valence-electron chi connectivity index (χ4n) is 2.07. The molecule has 0 amide bonds. The highest BCUT2D eigenvalue weighted by Crippen LogP contribution is 2.28. The number of thiophene rings is 1. The van der Waals surface area contributed by atoms with Crippen molar-refractivity contribution in [2.75, 3.05) is 0 Å². The minimum atomic E-state index is -0.174. The van der Waals surface area contributed by atoms with E-state index in [1.54, 1.807) is 11.3 Å². The van der Waals surface area contributed by atoms with Crippen LogP contribution in [0, 0.1) is 18.2 Å². The van der Waals surface area contributed by atoms with Gasteiger partial charge in [-0.15, -0.1) is 23.7 Å². The van der Waals surface area contributed by atoms with Crippen LogP contribution in [0.25, 0.3) is 10.4 Å². The van der Waals surface area contributed by atoms with Crippen LogP contribution in [0.3, 0.4) is 0 Å². The van der Waals surface area contributed by atoms with Crippen molar-refractivity contribution in [1.82, 2.24) is 5.32 Å². The number of hydrogen-bond acceptors (Lipinski definition) is 2. The molecule has 2 rings (SSSR count). The molecule has 1 unspecified atom stereocenters. The van der Waals surface area contributed by atoms with Crippen molar-refractivity contribution in [2.24, 2.45) is 0 Å². The van der Waals surface area contributed by atoms with Gasteiger partial charge in [0.1, 0.15) is 5.82 Å². The summed E-state index contributed by atoms with van der Waals surface area (Å²) in [5.74, 6) is 2.50. The van der Waals surface area contributed by atoms with Gasteiger partial charge in [0.25, 0.3) is 0 Å². The largest absolute Gasteiger partial charge is 0.309 e. The summed E-state index contributed by atoms with van der Waals surface area (Å²) >= 11 is 1.55. The van der Waals surface area contributed by atoms with Crippen molar-refractivity contribution >= 4 is 11.3 Å². The first-order valence-corrected chi connectivity index (χ1v) is 7.61. The summed E-state index contributed by atoms with van der Waals surface area (Å²) in [5, 5.41) is 5.38. The maximum absolute atomic E-state index is 13.9. The Balaban J connectivity index is 2.10. The van der Waals surface area contributed by atoms with Gasteiger partial charge in [0.2, 0.25) is 0 Å². The number of terminal acetylenes is 1. The molecule has 1 nitrogen and oxygen atoms in total. The van der Waals surface area contributed by atoms with Gasteiger partial charge in [0, 0.05) is 29.4 Å². The summed E-state index contributed by atoms with van der Waals surface area (Å²) in [6.07, 6.45) is 7.05. The first-order valence-electron chi connectivity index (χ1n) is 6.73. The van der Waals surface area contributed by atoms with Crippen molar-refractivity contribution in [3.63, 3.8) is 0 Å². The third-order valence-corrected chi connectivity index (χ3v) is 4.17. The Kier molecular flexibility index (Phi) is 5.34. The summed E-state index contributed by atoms with van der Waals surface area (Å²) in [5.41, 5.74) is 1.74. The molecule has 104 valence electrons. The van der Waals surface area contributed by atoms with Crippen LogP contribution < -0.4 is 5.32 Å². The molecule has 0 fully saturated rings. The van der Waals surface area contributed by atoms with Gasteiger partial charge in [-0.05, 0) is 35.6 Å². The summed E-state index contributed by atoms with van der Waals surface area (Å²) in [6.45, 7) is 2.82. The van der Waals surface area contributed by atoms with Crippen molar-refractivity contribution in [1.29, 1.82) is 0 Å². The summed E-state index contributed by atoms with van der Waals surface area (Å²) in [4.78, 5) is 0.958. The average Bonchev–Trinajstić information content (AvgIpc) is 2.99. The second-order valence-corrected chi connectivity index (χ2v) is 5.63. The molecule has 0 aliphatic rings. The van der Waals surface area contributed by atoms with Gasteiger partial charge in [-0.25, -0.2) is 4.39 Å². The molecule has 0 radical (unpaired) electrons. The topological polar surface area (TPSA) is 12.0 Å². The minimum Gasteiger partial charge on any atom is -0.309 e. The fourth-order valence-corrected chi connectivity index (χ4v) is 2.81. The van der Waals surface area contributed by atoms with E-state index in [1.807, 2.05) is 29.6 Å². The lowest BCUT2D eigenvalue weighted by Gasteiger charge is -2.14. The van der Waals surface area contributed by atoms with Crippen molar-refractivity contribution in [3.8, 4) is 22.8 Å². The van der Waals surface area contributed by atoms with E-state index >= 15 is 0 Å². The lowest BCUT2D eigenvalue weighted by atomic mass is 10.1. The molecule has 2 aromatic rings. The van der Waals surface area contributed by atoms with E-state index in [0.29, 0.717) is 18.2 Å². The highest BCUT2D eigenvalue weighted by molar-refractivity contribution is 7.13. The molecule has 3 heteroatoms. The van der Waals surface area contributed by atoms with Gasteiger partial charge < -0.3 is 5.32 Å². The second kappa shape index (κ2) is 7.23. The lowest BCUT2D eigenvalue weighted by Crippen LogP contribution is -2.27. The normalized spacial score (nSPS) is 12.1. The molecular formula is C17H18FNS. The molecule has 0 bridgehead atoms. The van der Waals surface area contributed by atoms with Crippen molar-refractivity contribution in [3.05, 3.63) is 47.1 Å². The predicted octanol–water partition coefficient (Wildman–Crippen LogP) is 4.45. The van der Waals surface area contributed by atoms with Crippen LogP contribution in [0.2, 0.25) is 0 Å². The fraction of sp³-hybridized carbons (Fsp3) is 0.294. The Hall–Kier alpha value is -1.63. The summed E-state index contributed by atoms with van der Waals surface area (Å²) in [7, 11) is 0. The van der Waals surface area contributed by atoms with Crippen molar-refractivity contribution in [2.45, 2.75) is 32.4 Å². The van der Waals surface area contributed by atoms with E-state index in [2.05, 4.69) is 18.2 Å². The zero-order valence-electron chi connectivity index (χ0n) is 11.5. The second-order valence-electron chi connectivity index (χ2n) is 4.69. The highest BCUT2D eigenvalue weighted by atomic mass is 32.1. The third kappa shape index (κ3) is 3.69. The summed E-state index contributed by atoms with van der Waals surface area (Å²) in [6, 6.07) is 9.46. The SMILES string of the molecule is C#CCC(CC)NCc1ccc(F)c(-c2cccs2)c1. The van der Waals surface area contributed by atoms with E-state index in [0.717, 1.165) is 23.3 Å². The molecule has 0 aliphatic carbocycles. The van der Waals surface area contributed by atoms with Crippen LogP contribution in [0.4, 0.5) is 4.39 Å². The first-order chi connectivity index (χ1) is 9.74. The van der Waals surface area contributed by atoms with Crippen LogP contribution >= 0.6 is 11.3 Å². The van der Waals surface area contributed by atoms with Gasteiger partial charge >= 0.3 is 0 Å². The quantitative estimate of drug-likeness (QED) is 0.774. The Labute approximate surface area is 123 Å². The number of rotatable bonds is 6. The first kappa shape index (κ1) is 14.8. The molecule has 0 saturated heterocycles. The molecule has 0 spiro atoms. The zero-order chi connectivity index (χ0) is 14.4. The van der Waals surface area contributed by atoms with Crippen LogP contribution in [0.15, 0.2) is 35.7 Å². The number of benzene rings is 1. The number of nitrogens with one attached hydrogen (secondary N) is 1. The van der Waals surface area contributed by atoms with E-state index in [9.17, 15) is 4.39 Å². The monoisotopic (exact) mass is 287 g/mol. The van der Waals surface area contributed by atoms with Crippen LogP contribution in [0.5, 0.6) is 0 Å². The van der Waals surface area contributed by atoms with E-state index in [-0.39, 0.29) is 5.82 Å². The zero-order valence-corrected chi connectivity index (χ0v) is 12.3.